The van der Waals surface area contributed by atoms with E-state index in [1.54, 1.807) is 14.2 Å². The van der Waals surface area contributed by atoms with Crippen LogP contribution in [-0.4, -0.2) is 83.5 Å². The van der Waals surface area contributed by atoms with Crippen molar-refractivity contribution >= 4 is 11.8 Å². The Bertz CT molecular complexity index is 922. The second-order valence-corrected chi connectivity index (χ2v) is 12.6. The fraction of sp³-hybridized carbons (Fsp3) is 0.771. The number of rotatable bonds is 22. The van der Waals surface area contributed by atoms with Crippen molar-refractivity contribution in [1.82, 2.24) is 15.5 Å². The number of methoxy groups -OCH3 is 1. The highest BCUT2D eigenvalue weighted by atomic mass is 16.5. The van der Waals surface area contributed by atoms with E-state index in [9.17, 15) is 9.59 Å². The molecule has 8 heteroatoms. The van der Waals surface area contributed by atoms with Gasteiger partial charge in [-0.1, -0.05) is 59.1 Å². The zero-order valence-corrected chi connectivity index (χ0v) is 28.1. The molecule has 1 aliphatic heterocycles. The smallest absolute Gasteiger partial charge is 0.226 e. The van der Waals surface area contributed by atoms with Crippen LogP contribution in [0.5, 0.6) is 5.75 Å². The summed E-state index contributed by atoms with van der Waals surface area (Å²) >= 11 is 0. The lowest BCUT2D eigenvalue weighted by Gasteiger charge is -2.40. The van der Waals surface area contributed by atoms with Crippen LogP contribution in [0.25, 0.3) is 0 Å². The number of morpholine rings is 1. The van der Waals surface area contributed by atoms with Gasteiger partial charge >= 0.3 is 0 Å². The van der Waals surface area contributed by atoms with Gasteiger partial charge in [0.1, 0.15) is 5.75 Å². The second-order valence-electron chi connectivity index (χ2n) is 12.6. The lowest BCUT2D eigenvalue weighted by Crippen LogP contribution is -2.50. The van der Waals surface area contributed by atoms with Gasteiger partial charge in [-0.25, -0.2) is 0 Å². The third-order valence-corrected chi connectivity index (χ3v) is 9.12. The van der Waals surface area contributed by atoms with E-state index < -0.39 is 0 Å². The highest BCUT2D eigenvalue weighted by molar-refractivity contribution is 5.83. The van der Waals surface area contributed by atoms with Crippen molar-refractivity contribution in [3.8, 4) is 5.75 Å². The zero-order valence-electron chi connectivity index (χ0n) is 28.1. The Kier molecular flexibility index (Phi) is 17.9. The molecular formula is C35H61N3O5. The third-order valence-electron chi connectivity index (χ3n) is 9.12. The van der Waals surface area contributed by atoms with Gasteiger partial charge in [0.2, 0.25) is 11.8 Å². The van der Waals surface area contributed by atoms with Gasteiger partial charge < -0.3 is 24.8 Å². The van der Waals surface area contributed by atoms with Crippen LogP contribution in [0.4, 0.5) is 0 Å². The maximum absolute atomic E-state index is 13.6. The van der Waals surface area contributed by atoms with E-state index in [2.05, 4.69) is 61.4 Å². The van der Waals surface area contributed by atoms with Gasteiger partial charge in [0.15, 0.2) is 0 Å². The SMILES string of the molecule is CNC(=O)CCCc1ccc(CCCCCCC(C(=O)NCCN2CCOCC2)(C(C)C)C(C)C)cc1OCCCOC. The summed E-state index contributed by atoms with van der Waals surface area (Å²) in [5.41, 5.74) is 2.11. The van der Waals surface area contributed by atoms with Crippen molar-refractivity contribution in [3.63, 3.8) is 0 Å². The van der Waals surface area contributed by atoms with Gasteiger partial charge in [0.05, 0.1) is 25.2 Å². The minimum absolute atomic E-state index is 0.0719. The number of ether oxygens (including phenoxy) is 3. The molecular weight excluding hydrogens is 542 g/mol. The minimum atomic E-state index is -0.340. The van der Waals surface area contributed by atoms with Gasteiger partial charge in [0.25, 0.3) is 0 Å². The van der Waals surface area contributed by atoms with Crippen molar-refractivity contribution in [2.75, 3.05) is 66.8 Å². The summed E-state index contributed by atoms with van der Waals surface area (Å²) in [5, 5.41) is 6.00. The average molecular weight is 604 g/mol. The minimum Gasteiger partial charge on any atom is -0.493 e. The molecule has 0 aliphatic carbocycles. The standard InChI is InChI=1S/C35H61N3O5/c1-28(2)35(29(3)4,34(40)37-19-20-38-21-25-42-26-22-38)18-10-8-7-9-13-30-16-17-31(14-11-15-33(39)36-5)32(27-30)43-24-12-23-41-6/h16-17,27-29H,7-15,18-26H2,1-6H3,(H,36,39)(H,37,40). The van der Waals surface area contributed by atoms with E-state index in [1.807, 2.05) is 0 Å². The Morgan fingerprint density at radius 3 is 2.35 bits per heavy atom. The van der Waals surface area contributed by atoms with E-state index in [1.165, 1.54) is 5.56 Å². The van der Waals surface area contributed by atoms with Crippen LogP contribution in [-0.2, 0) is 31.9 Å². The summed E-state index contributed by atoms with van der Waals surface area (Å²) in [6.45, 7) is 15.2. The van der Waals surface area contributed by atoms with Crippen LogP contribution < -0.4 is 15.4 Å². The average Bonchev–Trinajstić information content (AvgIpc) is 2.99. The highest BCUT2D eigenvalue weighted by Crippen LogP contribution is 2.41. The van der Waals surface area contributed by atoms with Crippen LogP contribution in [0.1, 0.15) is 90.2 Å². The number of aryl methyl sites for hydroxylation is 2. The number of amides is 2. The second kappa shape index (κ2) is 20.7. The van der Waals surface area contributed by atoms with Crippen molar-refractivity contribution in [3.05, 3.63) is 29.3 Å². The summed E-state index contributed by atoms with van der Waals surface area (Å²) in [5.74, 6) is 1.80. The first-order valence-corrected chi connectivity index (χ1v) is 16.8. The van der Waals surface area contributed by atoms with Crippen LogP contribution in [0, 0.1) is 17.3 Å². The summed E-state index contributed by atoms with van der Waals surface area (Å²) in [6.07, 6.45) is 9.36. The number of unbranched alkanes of at least 4 members (excludes halogenated alkanes) is 3. The molecule has 1 aromatic rings. The topological polar surface area (TPSA) is 89.1 Å². The fourth-order valence-corrected chi connectivity index (χ4v) is 6.34. The van der Waals surface area contributed by atoms with Gasteiger partial charge in [-0.3, -0.25) is 14.5 Å². The molecule has 8 nitrogen and oxygen atoms in total. The predicted molar refractivity (Wildman–Crippen MR) is 175 cm³/mol. The van der Waals surface area contributed by atoms with E-state index in [0.717, 1.165) is 102 Å². The number of nitrogens with zero attached hydrogens (tertiary/aromatic N) is 1. The molecule has 1 aliphatic rings. The van der Waals surface area contributed by atoms with Crippen molar-refractivity contribution in [2.24, 2.45) is 17.3 Å². The molecule has 0 spiro atoms. The summed E-state index contributed by atoms with van der Waals surface area (Å²) in [6, 6.07) is 6.56. The number of hydrogen-bond acceptors (Lipinski definition) is 6. The quantitative estimate of drug-likeness (QED) is 0.172. The first-order valence-electron chi connectivity index (χ1n) is 16.8. The number of carbonyl (C=O) groups is 2. The van der Waals surface area contributed by atoms with E-state index in [4.69, 9.17) is 14.2 Å². The molecule has 1 fully saturated rings. The van der Waals surface area contributed by atoms with E-state index in [0.29, 0.717) is 26.2 Å². The molecule has 2 rings (SSSR count). The van der Waals surface area contributed by atoms with Crippen LogP contribution in [0.2, 0.25) is 0 Å². The van der Waals surface area contributed by atoms with Crippen molar-refractivity contribution < 1.29 is 23.8 Å². The number of nitrogens with one attached hydrogen (secondary N) is 2. The Morgan fingerprint density at radius 1 is 0.953 bits per heavy atom. The van der Waals surface area contributed by atoms with E-state index in [-0.39, 0.29) is 29.1 Å². The molecule has 1 heterocycles. The molecule has 2 amide bonds. The molecule has 0 aromatic heterocycles. The monoisotopic (exact) mass is 603 g/mol. The van der Waals surface area contributed by atoms with Crippen LogP contribution >= 0.6 is 0 Å². The molecule has 0 bridgehead atoms. The number of hydrogen-bond donors (Lipinski definition) is 2. The maximum atomic E-state index is 13.6. The first-order chi connectivity index (χ1) is 20.7. The summed E-state index contributed by atoms with van der Waals surface area (Å²) in [7, 11) is 3.39. The van der Waals surface area contributed by atoms with Gasteiger partial charge in [0, 0.05) is 59.8 Å². The van der Waals surface area contributed by atoms with Crippen molar-refractivity contribution in [2.45, 2.75) is 91.9 Å². The zero-order chi connectivity index (χ0) is 31.5. The molecule has 1 saturated heterocycles. The van der Waals surface area contributed by atoms with E-state index >= 15 is 0 Å². The lowest BCUT2D eigenvalue weighted by atomic mass is 9.65. The summed E-state index contributed by atoms with van der Waals surface area (Å²) in [4.78, 5) is 27.6. The molecule has 2 N–H and O–H groups in total. The van der Waals surface area contributed by atoms with Crippen LogP contribution in [0.3, 0.4) is 0 Å². The Balaban J connectivity index is 1.85. The lowest BCUT2D eigenvalue weighted by molar-refractivity contribution is -0.138. The molecule has 1 aromatic carbocycles. The molecule has 43 heavy (non-hydrogen) atoms. The van der Waals surface area contributed by atoms with Gasteiger partial charge in [-0.15, -0.1) is 0 Å². The van der Waals surface area contributed by atoms with Gasteiger partial charge in [-0.05, 0) is 61.1 Å². The molecule has 0 saturated carbocycles. The number of benzene rings is 1. The molecule has 0 radical (unpaired) electrons. The summed E-state index contributed by atoms with van der Waals surface area (Å²) < 4.78 is 16.8. The Morgan fingerprint density at radius 2 is 1.67 bits per heavy atom. The normalized spacial score (nSPS) is 14.3. The predicted octanol–water partition coefficient (Wildman–Crippen LogP) is 5.41. The molecule has 246 valence electrons. The van der Waals surface area contributed by atoms with Crippen molar-refractivity contribution in [1.29, 1.82) is 0 Å². The Hall–Kier alpha value is -2.16. The molecule has 0 unspecified atom stereocenters. The fourth-order valence-electron chi connectivity index (χ4n) is 6.34. The maximum Gasteiger partial charge on any atom is 0.226 e. The Labute approximate surface area is 262 Å². The molecule has 0 atom stereocenters. The largest absolute Gasteiger partial charge is 0.493 e. The number of carbonyl (C=O) groups excluding carboxylic acids is 2. The first kappa shape index (κ1) is 37.0. The third kappa shape index (κ3) is 12.8. The van der Waals surface area contributed by atoms with Crippen LogP contribution in [0.15, 0.2) is 18.2 Å². The van der Waals surface area contributed by atoms with Gasteiger partial charge in [-0.2, -0.15) is 0 Å². The highest BCUT2D eigenvalue weighted by Gasteiger charge is 2.43.